The van der Waals surface area contributed by atoms with Gasteiger partial charge in [-0.25, -0.2) is 13.4 Å². The number of rotatable bonds is 4. The number of carbonyl (C=O) groups excluding carboxylic acids is 1. The van der Waals surface area contributed by atoms with Crippen LogP contribution in [0.15, 0.2) is 35.4 Å². The summed E-state index contributed by atoms with van der Waals surface area (Å²) in [5.74, 6) is -0.431. The molecular weight excluding hydrogens is 409 g/mol. The summed E-state index contributed by atoms with van der Waals surface area (Å²) in [4.78, 5) is 16.7. The Labute approximate surface area is 157 Å². The number of nitrogens with zero attached hydrogens (tertiary/aromatic N) is 1. The molecule has 0 aliphatic carbocycles. The number of nitrogens with one attached hydrogen (secondary N) is 3. The van der Waals surface area contributed by atoms with Gasteiger partial charge in [0.15, 0.2) is 5.82 Å². The minimum atomic E-state index is -4.62. The molecule has 2 heterocycles. The number of anilines is 2. The van der Waals surface area contributed by atoms with Gasteiger partial charge in [0.1, 0.15) is 0 Å². The third-order valence-electron chi connectivity index (χ3n) is 3.75. The zero-order valence-corrected chi connectivity index (χ0v) is 15.0. The molecule has 2 aromatic rings. The Kier molecular flexibility index (Phi) is 5.02. The number of aryl methyl sites for hydroxylation is 1. The average Bonchev–Trinajstić information content (AvgIpc) is 2.59. The summed E-state index contributed by atoms with van der Waals surface area (Å²) in [6, 6.07) is 4.79. The minimum Gasteiger partial charge on any atom is -0.326 e. The molecule has 0 saturated carbocycles. The molecule has 0 spiro atoms. The SMILES string of the molecule is O=C1CCc2cc(S(=O)(=O)NNc3ncc(C(F)(F)F)cc3Cl)ccc2N1. The van der Waals surface area contributed by atoms with Crippen LogP contribution in [0.25, 0.3) is 0 Å². The third kappa shape index (κ3) is 4.31. The van der Waals surface area contributed by atoms with Crippen LogP contribution >= 0.6 is 11.6 Å². The number of pyridine rings is 1. The highest BCUT2D eigenvalue weighted by atomic mass is 35.5. The van der Waals surface area contributed by atoms with Crippen LogP contribution in [0, 0.1) is 0 Å². The van der Waals surface area contributed by atoms with Crippen molar-refractivity contribution in [3.05, 3.63) is 46.6 Å². The average molecular weight is 421 g/mol. The molecule has 0 unspecified atom stereocenters. The van der Waals surface area contributed by atoms with Crippen LogP contribution in [0.5, 0.6) is 0 Å². The van der Waals surface area contributed by atoms with Crippen LogP contribution in [0.2, 0.25) is 5.02 Å². The second kappa shape index (κ2) is 6.98. The van der Waals surface area contributed by atoms with Crippen LogP contribution in [0.3, 0.4) is 0 Å². The molecule has 12 heteroatoms. The van der Waals surface area contributed by atoms with Crippen molar-refractivity contribution in [2.24, 2.45) is 0 Å². The Morgan fingerprint density at radius 3 is 2.59 bits per heavy atom. The fourth-order valence-corrected chi connectivity index (χ4v) is 3.49. The monoisotopic (exact) mass is 420 g/mol. The Morgan fingerprint density at radius 2 is 1.93 bits per heavy atom. The Bertz CT molecular complexity index is 1010. The van der Waals surface area contributed by atoms with E-state index < -0.39 is 26.8 Å². The zero-order chi connectivity index (χ0) is 19.8. The largest absolute Gasteiger partial charge is 0.417 e. The lowest BCUT2D eigenvalue weighted by molar-refractivity contribution is -0.137. The van der Waals surface area contributed by atoms with Gasteiger partial charge in [0.25, 0.3) is 10.0 Å². The highest BCUT2D eigenvalue weighted by molar-refractivity contribution is 7.89. The summed E-state index contributed by atoms with van der Waals surface area (Å²) in [7, 11) is -4.06. The van der Waals surface area contributed by atoms with Gasteiger partial charge in [-0.15, -0.1) is 4.83 Å². The van der Waals surface area contributed by atoms with E-state index in [0.717, 1.165) is 0 Å². The number of hydrazine groups is 1. The van der Waals surface area contributed by atoms with E-state index in [1.54, 1.807) is 0 Å². The first-order valence-corrected chi connectivity index (χ1v) is 9.36. The van der Waals surface area contributed by atoms with Crippen LogP contribution in [0.1, 0.15) is 17.5 Å². The summed E-state index contributed by atoms with van der Waals surface area (Å²) in [5, 5.41) is 2.23. The smallest absolute Gasteiger partial charge is 0.326 e. The van der Waals surface area contributed by atoms with E-state index >= 15 is 0 Å². The van der Waals surface area contributed by atoms with E-state index in [0.29, 0.717) is 29.9 Å². The predicted molar refractivity (Wildman–Crippen MR) is 91.6 cm³/mol. The van der Waals surface area contributed by atoms with E-state index in [-0.39, 0.29) is 23.0 Å². The number of benzene rings is 1. The van der Waals surface area contributed by atoms with Gasteiger partial charge in [-0.3, -0.25) is 10.2 Å². The molecule has 0 radical (unpaired) electrons. The number of halogens is 4. The number of alkyl halides is 3. The summed E-state index contributed by atoms with van der Waals surface area (Å²) in [5.41, 5.74) is 2.33. The summed E-state index contributed by atoms with van der Waals surface area (Å²) >= 11 is 5.72. The third-order valence-corrected chi connectivity index (χ3v) is 5.29. The molecule has 1 aromatic heterocycles. The number of hydrogen-bond donors (Lipinski definition) is 3. The molecule has 1 aliphatic rings. The summed E-state index contributed by atoms with van der Waals surface area (Å²) in [6.07, 6.45) is -3.45. The molecule has 1 aliphatic heterocycles. The standard InChI is InChI=1S/C15H12ClF3N4O3S/c16-11-6-9(15(17,18)19)7-20-14(11)22-23-27(25,26)10-2-3-12-8(5-10)1-4-13(24)21-12/h2-3,5-7,23H,1,4H2,(H,20,22)(H,21,24). The van der Waals surface area contributed by atoms with E-state index in [2.05, 4.69) is 15.7 Å². The van der Waals surface area contributed by atoms with Crippen molar-refractivity contribution in [3.63, 3.8) is 0 Å². The van der Waals surface area contributed by atoms with E-state index in [1.807, 2.05) is 4.83 Å². The molecule has 27 heavy (non-hydrogen) atoms. The van der Waals surface area contributed by atoms with Crippen molar-refractivity contribution in [1.29, 1.82) is 0 Å². The molecule has 144 valence electrons. The second-order valence-electron chi connectivity index (χ2n) is 5.65. The van der Waals surface area contributed by atoms with Crippen molar-refractivity contribution in [3.8, 4) is 0 Å². The molecule has 0 saturated heterocycles. The minimum absolute atomic E-state index is 0.0899. The van der Waals surface area contributed by atoms with Crippen molar-refractivity contribution in [2.75, 3.05) is 10.7 Å². The van der Waals surface area contributed by atoms with Gasteiger partial charge in [0.05, 0.1) is 15.5 Å². The summed E-state index contributed by atoms with van der Waals surface area (Å²) < 4.78 is 62.6. The molecule has 0 fully saturated rings. The molecule has 1 aromatic carbocycles. The van der Waals surface area contributed by atoms with Crippen LogP contribution < -0.4 is 15.6 Å². The lowest BCUT2D eigenvalue weighted by atomic mass is 10.0. The van der Waals surface area contributed by atoms with E-state index in [9.17, 15) is 26.4 Å². The maximum atomic E-state index is 12.6. The molecule has 3 rings (SSSR count). The second-order valence-corrected chi connectivity index (χ2v) is 7.74. The highest BCUT2D eigenvalue weighted by Gasteiger charge is 2.31. The van der Waals surface area contributed by atoms with Gasteiger partial charge in [-0.2, -0.15) is 13.2 Å². The van der Waals surface area contributed by atoms with Crippen LogP contribution in [0.4, 0.5) is 24.7 Å². The molecule has 0 bridgehead atoms. The maximum Gasteiger partial charge on any atom is 0.417 e. The predicted octanol–water partition coefficient (Wildman–Crippen LogP) is 2.94. The topological polar surface area (TPSA) is 100 Å². The highest BCUT2D eigenvalue weighted by Crippen LogP contribution is 2.32. The molecule has 1 amide bonds. The summed E-state index contributed by atoms with van der Waals surface area (Å²) in [6.45, 7) is 0. The first-order valence-electron chi connectivity index (χ1n) is 7.49. The molecule has 7 nitrogen and oxygen atoms in total. The Morgan fingerprint density at radius 1 is 1.19 bits per heavy atom. The van der Waals surface area contributed by atoms with Crippen molar-refractivity contribution in [2.45, 2.75) is 23.9 Å². The molecular formula is C15H12ClF3N4O3S. The van der Waals surface area contributed by atoms with Gasteiger partial charge in [-0.05, 0) is 36.2 Å². The fourth-order valence-electron chi connectivity index (χ4n) is 2.39. The molecule has 3 N–H and O–H groups in total. The van der Waals surface area contributed by atoms with Crippen molar-refractivity contribution in [1.82, 2.24) is 9.82 Å². The van der Waals surface area contributed by atoms with Crippen LogP contribution in [-0.2, 0) is 27.4 Å². The number of amides is 1. The molecule has 0 atom stereocenters. The van der Waals surface area contributed by atoms with E-state index in [4.69, 9.17) is 11.6 Å². The van der Waals surface area contributed by atoms with Gasteiger partial charge >= 0.3 is 6.18 Å². The Balaban J connectivity index is 1.77. The van der Waals surface area contributed by atoms with Crippen LogP contribution in [-0.4, -0.2) is 19.3 Å². The zero-order valence-electron chi connectivity index (χ0n) is 13.4. The number of hydrogen-bond acceptors (Lipinski definition) is 5. The quantitative estimate of drug-likeness (QED) is 0.660. The van der Waals surface area contributed by atoms with Gasteiger partial charge in [-0.1, -0.05) is 11.6 Å². The first-order chi connectivity index (χ1) is 12.6. The first kappa shape index (κ1) is 19.4. The lowest BCUT2D eigenvalue weighted by Crippen LogP contribution is -2.30. The van der Waals surface area contributed by atoms with Gasteiger partial charge < -0.3 is 5.32 Å². The number of aromatic nitrogens is 1. The number of fused-ring (bicyclic) bond motifs is 1. The normalized spacial score (nSPS) is 14.4. The Hall–Kier alpha value is -2.37. The number of sulfonamides is 1. The van der Waals surface area contributed by atoms with Crippen molar-refractivity contribution >= 4 is 39.0 Å². The lowest BCUT2D eigenvalue weighted by Gasteiger charge is -2.18. The van der Waals surface area contributed by atoms with E-state index in [1.165, 1.54) is 18.2 Å². The number of carbonyl (C=O) groups is 1. The fraction of sp³-hybridized carbons (Fsp3) is 0.200. The van der Waals surface area contributed by atoms with Crippen molar-refractivity contribution < 1.29 is 26.4 Å². The van der Waals surface area contributed by atoms with Gasteiger partial charge in [0.2, 0.25) is 5.91 Å². The maximum absolute atomic E-state index is 12.6. The van der Waals surface area contributed by atoms with Gasteiger partial charge in [0, 0.05) is 18.3 Å².